The van der Waals surface area contributed by atoms with E-state index in [1.807, 2.05) is 0 Å². The number of primary amides is 1. The molecule has 2 rings (SSSR count). The number of nitrogens with two attached hydrogens (primary N) is 1. The van der Waals surface area contributed by atoms with E-state index in [1.165, 1.54) is 18.3 Å². The first-order valence-corrected chi connectivity index (χ1v) is 5.02. The number of amides is 2. The minimum absolute atomic E-state index is 0.00734. The molecule has 0 radical (unpaired) electrons. The fourth-order valence-electron chi connectivity index (χ4n) is 1.22. The zero-order chi connectivity index (χ0) is 13.0. The summed E-state index contributed by atoms with van der Waals surface area (Å²) in [5.74, 6) is -1.13. The second-order valence-electron chi connectivity index (χ2n) is 3.36. The van der Waals surface area contributed by atoms with Gasteiger partial charge in [0.2, 0.25) is 0 Å². The number of nitrogens with one attached hydrogen (secondary N) is 1. The van der Waals surface area contributed by atoms with Crippen LogP contribution < -0.4 is 11.1 Å². The lowest BCUT2D eigenvalue weighted by molar-refractivity contribution is 0.0987. The molecule has 0 aliphatic heterocycles. The molecule has 18 heavy (non-hydrogen) atoms. The van der Waals surface area contributed by atoms with Gasteiger partial charge in [0, 0.05) is 6.20 Å². The minimum atomic E-state index is -0.693. The highest BCUT2D eigenvalue weighted by Gasteiger charge is 2.10. The van der Waals surface area contributed by atoms with Gasteiger partial charge < -0.3 is 11.1 Å². The molecule has 0 saturated carbocycles. The van der Waals surface area contributed by atoms with Crippen LogP contribution in [0.2, 0.25) is 0 Å². The van der Waals surface area contributed by atoms with Crippen LogP contribution in [0.15, 0.2) is 36.7 Å². The Morgan fingerprint density at radius 1 is 1.11 bits per heavy atom. The number of anilines is 1. The van der Waals surface area contributed by atoms with Crippen LogP contribution in [0.25, 0.3) is 0 Å². The second-order valence-corrected chi connectivity index (χ2v) is 3.36. The molecule has 2 heterocycles. The first-order valence-electron chi connectivity index (χ1n) is 5.02. The molecule has 7 heteroatoms. The Morgan fingerprint density at radius 3 is 2.39 bits per heavy atom. The molecule has 90 valence electrons. The monoisotopic (exact) mass is 243 g/mol. The average molecular weight is 243 g/mol. The molecule has 7 nitrogen and oxygen atoms in total. The Bertz CT molecular complexity index is 568. The van der Waals surface area contributed by atoms with Crippen molar-refractivity contribution in [1.82, 2.24) is 15.2 Å². The van der Waals surface area contributed by atoms with E-state index < -0.39 is 11.8 Å². The van der Waals surface area contributed by atoms with Gasteiger partial charge in [0.05, 0.1) is 11.9 Å². The van der Waals surface area contributed by atoms with E-state index in [2.05, 4.69) is 20.5 Å². The molecule has 0 bridgehead atoms. The molecule has 0 fully saturated rings. The Morgan fingerprint density at radius 2 is 1.83 bits per heavy atom. The molecule has 2 aromatic heterocycles. The molecular formula is C11H9N5O2. The van der Waals surface area contributed by atoms with Crippen molar-refractivity contribution in [3.8, 4) is 0 Å². The summed E-state index contributed by atoms with van der Waals surface area (Å²) < 4.78 is 0. The van der Waals surface area contributed by atoms with Crippen molar-refractivity contribution in [3.05, 3.63) is 48.0 Å². The lowest BCUT2D eigenvalue weighted by atomic mass is 10.3. The molecule has 2 amide bonds. The number of rotatable bonds is 3. The van der Waals surface area contributed by atoms with E-state index in [4.69, 9.17) is 5.73 Å². The van der Waals surface area contributed by atoms with Gasteiger partial charge in [-0.2, -0.15) is 0 Å². The topological polar surface area (TPSA) is 111 Å². The Kier molecular flexibility index (Phi) is 3.24. The molecule has 0 aliphatic rings. The van der Waals surface area contributed by atoms with Gasteiger partial charge in [-0.05, 0) is 24.3 Å². The maximum atomic E-state index is 11.7. The van der Waals surface area contributed by atoms with E-state index in [1.54, 1.807) is 18.3 Å². The summed E-state index contributed by atoms with van der Waals surface area (Å²) >= 11 is 0. The summed E-state index contributed by atoms with van der Waals surface area (Å²) in [4.78, 5) is 26.4. The number of carbonyl (C=O) groups excluding carboxylic acids is 2. The predicted molar refractivity (Wildman–Crippen MR) is 62.7 cm³/mol. The third-order valence-electron chi connectivity index (χ3n) is 2.07. The van der Waals surface area contributed by atoms with E-state index >= 15 is 0 Å². The lowest BCUT2D eigenvalue weighted by Crippen LogP contribution is -2.18. The number of pyridine rings is 1. The van der Waals surface area contributed by atoms with Gasteiger partial charge in [-0.15, -0.1) is 10.2 Å². The fourth-order valence-corrected chi connectivity index (χ4v) is 1.22. The molecule has 3 N–H and O–H groups in total. The van der Waals surface area contributed by atoms with E-state index in [9.17, 15) is 9.59 Å². The first-order chi connectivity index (χ1) is 8.66. The summed E-state index contributed by atoms with van der Waals surface area (Å²) in [6, 6.07) is 6.10. The van der Waals surface area contributed by atoms with Crippen LogP contribution in [0.5, 0.6) is 0 Å². The van der Waals surface area contributed by atoms with E-state index in [0.717, 1.165) is 0 Å². The van der Waals surface area contributed by atoms with Crippen LogP contribution in [0.3, 0.4) is 0 Å². The van der Waals surface area contributed by atoms with Gasteiger partial charge in [0.15, 0.2) is 11.4 Å². The van der Waals surface area contributed by atoms with Gasteiger partial charge in [-0.3, -0.25) is 14.6 Å². The second kappa shape index (κ2) is 5.00. The molecular weight excluding hydrogens is 234 g/mol. The predicted octanol–water partition coefficient (Wildman–Crippen LogP) is 0.223. The average Bonchev–Trinajstić information content (AvgIpc) is 2.40. The Labute approximate surface area is 102 Å². The van der Waals surface area contributed by atoms with Gasteiger partial charge in [0.1, 0.15) is 0 Å². The van der Waals surface area contributed by atoms with E-state index in [0.29, 0.717) is 5.69 Å². The Hall–Kier alpha value is -2.83. The number of nitrogens with zero attached hydrogens (tertiary/aromatic N) is 3. The first kappa shape index (κ1) is 11.6. The summed E-state index contributed by atoms with van der Waals surface area (Å²) in [5, 5.41) is 9.74. The largest absolute Gasteiger partial charge is 0.364 e. The highest BCUT2D eigenvalue weighted by Crippen LogP contribution is 2.05. The zero-order valence-electron chi connectivity index (χ0n) is 9.20. The van der Waals surface area contributed by atoms with Gasteiger partial charge in [-0.25, -0.2) is 0 Å². The van der Waals surface area contributed by atoms with Gasteiger partial charge in [-0.1, -0.05) is 0 Å². The van der Waals surface area contributed by atoms with Crippen molar-refractivity contribution in [1.29, 1.82) is 0 Å². The summed E-state index contributed by atoms with van der Waals surface area (Å²) in [6.45, 7) is 0. The standard InChI is InChI=1S/C11H9N5O2/c12-10(17)8-3-4-9(16-15-8)11(18)14-7-2-1-5-13-6-7/h1-6H,(H2,12,17)(H,14,18). The quantitative estimate of drug-likeness (QED) is 0.801. The highest BCUT2D eigenvalue weighted by atomic mass is 16.2. The molecule has 0 spiro atoms. The van der Waals surface area contributed by atoms with Crippen LogP contribution >= 0.6 is 0 Å². The van der Waals surface area contributed by atoms with E-state index in [-0.39, 0.29) is 11.4 Å². The molecule has 0 atom stereocenters. The normalized spacial score (nSPS) is 9.78. The van der Waals surface area contributed by atoms with Crippen LogP contribution in [0.4, 0.5) is 5.69 Å². The molecule has 0 aromatic carbocycles. The number of hydrogen-bond donors (Lipinski definition) is 2. The third-order valence-corrected chi connectivity index (χ3v) is 2.07. The lowest BCUT2D eigenvalue weighted by Gasteiger charge is -2.03. The zero-order valence-corrected chi connectivity index (χ0v) is 9.20. The van der Waals surface area contributed by atoms with Crippen molar-refractivity contribution >= 4 is 17.5 Å². The number of carbonyl (C=O) groups is 2. The van der Waals surface area contributed by atoms with Crippen LogP contribution in [-0.2, 0) is 0 Å². The third kappa shape index (κ3) is 2.64. The highest BCUT2D eigenvalue weighted by molar-refractivity contribution is 6.02. The Balaban J connectivity index is 2.12. The van der Waals surface area contributed by atoms with Crippen LogP contribution in [0, 0.1) is 0 Å². The summed E-state index contributed by atoms with van der Waals surface area (Å²) in [5.41, 5.74) is 5.65. The van der Waals surface area contributed by atoms with Crippen molar-refractivity contribution in [2.75, 3.05) is 5.32 Å². The summed E-state index contributed by atoms with van der Waals surface area (Å²) in [7, 11) is 0. The smallest absolute Gasteiger partial charge is 0.276 e. The number of hydrogen-bond acceptors (Lipinski definition) is 5. The molecule has 0 saturated heterocycles. The van der Waals surface area contributed by atoms with Crippen molar-refractivity contribution in [2.24, 2.45) is 5.73 Å². The van der Waals surface area contributed by atoms with Crippen molar-refractivity contribution < 1.29 is 9.59 Å². The molecule has 0 aliphatic carbocycles. The van der Waals surface area contributed by atoms with Gasteiger partial charge in [0.25, 0.3) is 11.8 Å². The molecule has 2 aromatic rings. The summed E-state index contributed by atoms with van der Waals surface area (Å²) in [6.07, 6.45) is 3.10. The minimum Gasteiger partial charge on any atom is -0.364 e. The molecule has 0 unspecified atom stereocenters. The van der Waals surface area contributed by atoms with Gasteiger partial charge >= 0.3 is 0 Å². The maximum Gasteiger partial charge on any atom is 0.276 e. The van der Waals surface area contributed by atoms with Crippen molar-refractivity contribution in [3.63, 3.8) is 0 Å². The van der Waals surface area contributed by atoms with Crippen molar-refractivity contribution in [2.45, 2.75) is 0 Å². The number of aromatic nitrogens is 3. The fraction of sp³-hybridized carbons (Fsp3) is 0. The maximum absolute atomic E-state index is 11.7. The van der Waals surface area contributed by atoms with Crippen LogP contribution in [0.1, 0.15) is 21.0 Å². The van der Waals surface area contributed by atoms with Crippen LogP contribution in [-0.4, -0.2) is 27.0 Å². The SMILES string of the molecule is NC(=O)c1ccc(C(=O)Nc2cccnc2)nn1.